The normalized spacial score (nSPS) is 15.8. The number of aromatic nitrogens is 1. The fraction of sp³-hybridized carbons (Fsp3) is 0.385. The van der Waals surface area contributed by atoms with E-state index in [1.165, 1.54) is 6.07 Å². The molecule has 2 heterocycles. The number of carbonyl (C=O) groups is 1. The van der Waals surface area contributed by atoms with Gasteiger partial charge in [-0.2, -0.15) is 0 Å². The highest BCUT2D eigenvalue weighted by Gasteiger charge is 2.21. The summed E-state index contributed by atoms with van der Waals surface area (Å²) in [6.07, 6.45) is 4.25. The van der Waals surface area contributed by atoms with Crippen LogP contribution in [0, 0.1) is 0 Å². The van der Waals surface area contributed by atoms with E-state index >= 15 is 0 Å². The standard InChI is InChI=1S/C13H15N3O3S3/c17-12(14-9-4-1-2-5-9)10-8-21-13(15-10)16-22(18,19)11-6-3-7-20-11/h3,6-9H,1-2,4-5H2,(H,14,17)(H,15,16). The molecule has 0 unspecified atom stereocenters. The summed E-state index contributed by atoms with van der Waals surface area (Å²) in [5, 5.41) is 6.39. The van der Waals surface area contributed by atoms with Crippen molar-refractivity contribution < 1.29 is 13.2 Å². The minimum absolute atomic E-state index is 0.199. The molecule has 1 fully saturated rings. The first-order valence-electron chi connectivity index (χ1n) is 6.87. The van der Waals surface area contributed by atoms with E-state index in [-0.39, 0.29) is 27.0 Å². The zero-order valence-corrected chi connectivity index (χ0v) is 14.1. The Morgan fingerprint density at radius 1 is 1.27 bits per heavy atom. The third kappa shape index (κ3) is 3.47. The van der Waals surface area contributed by atoms with Gasteiger partial charge in [-0.1, -0.05) is 18.9 Å². The number of rotatable bonds is 5. The van der Waals surface area contributed by atoms with Crippen molar-refractivity contribution in [3.05, 3.63) is 28.6 Å². The van der Waals surface area contributed by atoms with Crippen molar-refractivity contribution in [3.8, 4) is 0 Å². The fourth-order valence-corrected chi connectivity index (χ4v) is 5.27. The van der Waals surface area contributed by atoms with Crippen molar-refractivity contribution in [2.24, 2.45) is 0 Å². The maximum atomic E-state index is 12.1. The largest absolute Gasteiger partial charge is 0.348 e. The van der Waals surface area contributed by atoms with Crippen LogP contribution in [0.2, 0.25) is 0 Å². The lowest BCUT2D eigenvalue weighted by atomic mass is 10.2. The molecular weight excluding hydrogens is 342 g/mol. The molecule has 0 aliphatic heterocycles. The van der Waals surface area contributed by atoms with Gasteiger partial charge < -0.3 is 5.32 Å². The van der Waals surface area contributed by atoms with Crippen LogP contribution in [0.4, 0.5) is 5.13 Å². The van der Waals surface area contributed by atoms with E-state index in [4.69, 9.17) is 0 Å². The predicted molar refractivity (Wildman–Crippen MR) is 87.0 cm³/mol. The molecule has 0 spiro atoms. The number of sulfonamides is 1. The van der Waals surface area contributed by atoms with E-state index < -0.39 is 10.0 Å². The van der Waals surface area contributed by atoms with Gasteiger partial charge in [0.15, 0.2) is 5.13 Å². The minimum Gasteiger partial charge on any atom is -0.348 e. The van der Waals surface area contributed by atoms with Crippen molar-refractivity contribution in [2.45, 2.75) is 35.9 Å². The number of thiophene rings is 1. The van der Waals surface area contributed by atoms with Crippen molar-refractivity contribution in [2.75, 3.05) is 4.72 Å². The first-order valence-corrected chi connectivity index (χ1v) is 10.1. The van der Waals surface area contributed by atoms with Crippen molar-refractivity contribution in [3.63, 3.8) is 0 Å². The molecule has 2 aromatic rings. The molecule has 0 saturated heterocycles. The Kier molecular flexibility index (Phi) is 4.46. The zero-order valence-electron chi connectivity index (χ0n) is 11.6. The number of carbonyl (C=O) groups excluding carboxylic acids is 1. The summed E-state index contributed by atoms with van der Waals surface area (Å²) in [7, 11) is -3.62. The van der Waals surface area contributed by atoms with Crippen LogP contribution in [0.3, 0.4) is 0 Å². The number of amides is 1. The summed E-state index contributed by atoms with van der Waals surface area (Å²) < 4.78 is 26.8. The second kappa shape index (κ2) is 6.35. The highest BCUT2D eigenvalue weighted by atomic mass is 32.2. The smallest absolute Gasteiger partial charge is 0.273 e. The zero-order chi connectivity index (χ0) is 15.6. The molecule has 0 atom stereocenters. The van der Waals surface area contributed by atoms with Crippen molar-refractivity contribution >= 4 is 43.7 Å². The van der Waals surface area contributed by atoms with Gasteiger partial charge in [0.1, 0.15) is 9.90 Å². The molecule has 2 aromatic heterocycles. The minimum atomic E-state index is -3.62. The van der Waals surface area contributed by atoms with Gasteiger partial charge in [-0.25, -0.2) is 13.4 Å². The van der Waals surface area contributed by atoms with Crippen LogP contribution in [-0.2, 0) is 10.0 Å². The molecule has 3 rings (SSSR count). The van der Waals surface area contributed by atoms with Crippen molar-refractivity contribution in [1.29, 1.82) is 0 Å². The summed E-state index contributed by atoms with van der Waals surface area (Å²) in [6.45, 7) is 0. The summed E-state index contributed by atoms with van der Waals surface area (Å²) in [5.74, 6) is -0.246. The van der Waals surface area contributed by atoms with Crippen LogP contribution in [0.15, 0.2) is 27.1 Å². The van der Waals surface area contributed by atoms with E-state index in [1.54, 1.807) is 16.8 Å². The van der Waals surface area contributed by atoms with Crippen LogP contribution in [-0.4, -0.2) is 25.4 Å². The third-order valence-electron chi connectivity index (χ3n) is 3.41. The third-order valence-corrected chi connectivity index (χ3v) is 7.03. The van der Waals surface area contributed by atoms with Gasteiger partial charge in [0.05, 0.1) is 0 Å². The molecular formula is C13H15N3O3S3. The Bertz CT molecular complexity index is 747. The van der Waals surface area contributed by atoms with Crippen LogP contribution >= 0.6 is 22.7 Å². The molecule has 118 valence electrons. The Morgan fingerprint density at radius 3 is 2.73 bits per heavy atom. The Morgan fingerprint density at radius 2 is 2.05 bits per heavy atom. The number of nitrogens with one attached hydrogen (secondary N) is 2. The number of hydrogen-bond acceptors (Lipinski definition) is 6. The Hall–Kier alpha value is -1.45. The fourth-order valence-electron chi connectivity index (χ4n) is 2.34. The summed E-state index contributed by atoms with van der Waals surface area (Å²) in [4.78, 5) is 16.1. The maximum Gasteiger partial charge on any atom is 0.273 e. The first-order chi connectivity index (χ1) is 10.5. The van der Waals surface area contributed by atoms with Crippen LogP contribution in [0.25, 0.3) is 0 Å². The van der Waals surface area contributed by atoms with Crippen LogP contribution in [0.1, 0.15) is 36.2 Å². The molecule has 0 radical (unpaired) electrons. The second-order valence-electron chi connectivity index (χ2n) is 5.03. The number of thiazole rings is 1. The molecule has 6 nitrogen and oxygen atoms in total. The van der Waals surface area contributed by atoms with Gasteiger partial charge in [0.2, 0.25) is 0 Å². The summed E-state index contributed by atoms with van der Waals surface area (Å²) >= 11 is 2.23. The lowest BCUT2D eigenvalue weighted by Crippen LogP contribution is -2.32. The van der Waals surface area contributed by atoms with Crippen LogP contribution < -0.4 is 10.0 Å². The Balaban J connectivity index is 1.67. The molecule has 1 saturated carbocycles. The summed E-state index contributed by atoms with van der Waals surface area (Å²) in [5.41, 5.74) is 0.251. The molecule has 1 amide bonds. The van der Waals surface area contributed by atoms with Gasteiger partial charge >= 0.3 is 0 Å². The van der Waals surface area contributed by atoms with E-state index in [2.05, 4.69) is 15.0 Å². The Labute approximate surface area is 136 Å². The lowest BCUT2D eigenvalue weighted by Gasteiger charge is -2.09. The topological polar surface area (TPSA) is 88.2 Å². The number of hydrogen-bond donors (Lipinski definition) is 2. The molecule has 2 N–H and O–H groups in total. The van der Waals surface area contributed by atoms with Gasteiger partial charge in [-0.3, -0.25) is 9.52 Å². The lowest BCUT2D eigenvalue weighted by molar-refractivity contribution is 0.0933. The van der Waals surface area contributed by atoms with Gasteiger partial charge in [0.25, 0.3) is 15.9 Å². The second-order valence-corrected chi connectivity index (χ2v) is 8.75. The molecule has 9 heteroatoms. The van der Waals surface area contributed by atoms with E-state index in [9.17, 15) is 13.2 Å². The first kappa shape index (κ1) is 15.4. The quantitative estimate of drug-likeness (QED) is 0.861. The van der Waals surface area contributed by atoms with Gasteiger partial charge in [0, 0.05) is 11.4 Å². The predicted octanol–water partition coefficient (Wildman–Crippen LogP) is 2.68. The molecule has 22 heavy (non-hydrogen) atoms. The molecule has 0 aromatic carbocycles. The number of nitrogens with zero attached hydrogens (tertiary/aromatic N) is 1. The molecule has 1 aliphatic rings. The molecule has 0 bridgehead atoms. The van der Waals surface area contributed by atoms with E-state index in [0.717, 1.165) is 48.4 Å². The average molecular weight is 357 g/mol. The van der Waals surface area contributed by atoms with Crippen molar-refractivity contribution in [1.82, 2.24) is 10.3 Å². The van der Waals surface area contributed by atoms with E-state index in [0.29, 0.717) is 0 Å². The highest BCUT2D eigenvalue weighted by molar-refractivity contribution is 7.94. The van der Waals surface area contributed by atoms with E-state index in [1.807, 2.05) is 0 Å². The van der Waals surface area contributed by atoms with Crippen LogP contribution in [0.5, 0.6) is 0 Å². The highest BCUT2D eigenvalue weighted by Crippen LogP contribution is 2.23. The SMILES string of the molecule is O=C(NC1CCCC1)c1csc(NS(=O)(=O)c2cccs2)n1. The average Bonchev–Trinajstić information content (AvgIpc) is 3.21. The monoisotopic (exact) mass is 357 g/mol. The number of anilines is 1. The summed E-state index contributed by atoms with van der Waals surface area (Å²) in [6, 6.07) is 3.40. The van der Waals surface area contributed by atoms with Gasteiger partial charge in [-0.15, -0.1) is 22.7 Å². The molecule has 1 aliphatic carbocycles. The van der Waals surface area contributed by atoms with Gasteiger partial charge in [-0.05, 0) is 24.3 Å². The maximum absolute atomic E-state index is 12.1.